The molecule has 0 rings (SSSR count). The summed E-state index contributed by atoms with van der Waals surface area (Å²) in [7, 11) is -1.70. The lowest BCUT2D eigenvalue weighted by Gasteiger charge is -2.09. The molecule has 0 bridgehead atoms. The van der Waals surface area contributed by atoms with E-state index in [1.54, 1.807) is 0 Å². The summed E-state index contributed by atoms with van der Waals surface area (Å²) in [6.07, 6.45) is 1.53. The van der Waals surface area contributed by atoms with Crippen molar-refractivity contribution in [2.45, 2.75) is 25.8 Å². The van der Waals surface area contributed by atoms with Crippen LogP contribution >= 0.6 is 0 Å². The third-order valence-electron chi connectivity index (χ3n) is 1.92. The monoisotopic (exact) mass is 224 g/mol. The molecule has 0 aliphatic heterocycles. The van der Waals surface area contributed by atoms with Crippen molar-refractivity contribution < 1.29 is 13.2 Å². The van der Waals surface area contributed by atoms with Gasteiger partial charge in [0.1, 0.15) is 0 Å². The van der Waals surface area contributed by atoms with E-state index < -0.39 is 10.0 Å². The van der Waals surface area contributed by atoms with Gasteiger partial charge in [-0.15, -0.1) is 0 Å². The molecule has 0 aliphatic rings. The molecule has 0 heterocycles. The van der Waals surface area contributed by atoms with Crippen LogP contribution in [0.25, 0.3) is 0 Å². The highest BCUT2D eigenvalue weighted by Gasteiger charge is 2.09. The first-order valence-corrected chi connectivity index (χ1v) is 6.39. The summed E-state index contributed by atoms with van der Waals surface area (Å²) in [5.41, 5.74) is 5.64. The first-order valence-electron chi connectivity index (χ1n) is 4.73. The first-order chi connectivity index (χ1) is 6.52. The minimum absolute atomic E-state index is 0.00482. The van der Waals surface area contributed by atoms with Crippen LogP contribution in [0.1, 0.15) is 19.8 Å². The van der Waals surface area contributed by atoms with Gasteiger partial charge in [0.15, 0.2) is 0 Å². The van der Waals surface area contributed by atoms with Crippen molar-refractivity contribution in [2.75, 3.05) is 26.0 Å². The van der Waals surface area contributed by atoms with Crippen LogP contribution < -0.4 is 10.5 Å². The minimum atomic E-state index is -3.18. The van der Waals surface area contributed by atoms with E-state index in [0.717, 1.165) is 6.42 Å². The Balaban J connectivity index is 3.66. The fourth-order valence-electron chi connectivity index (χ4n) is 0.869. The number of methoxy groups -OCH3 is 1. The highest BCUT2D eigenvalue weighted by molar-refractivity contribution is 7.89. The van der Waals surface area contributed by atoms with Crippen LogP contribution in [-0.4, -0.2) is 40.5 Å². The minimum Gasteiger partial charge on any atom is -0.384 e. The van der Waals surface area contributed by atoms with Gasteiger partial charge in [-0.2, -0.15) is 0 Å². The molecule has 0 saturated heterocycles. The SMILES string of the molecule is CCC(N)CCNS(=O)(=O)CCOC. The molecule has 86 valence electrons. The predicted molar refractivity (Wildman–Crippen MR) is 56.5 cm³/mol. The molecule has 3 N–H and O–H groups in total. The molecule has 0 amide bonds. The van der Waals surface area contributed by atoms with Crippen LogP contribution in [-0.2, 0) is 14.8 Å². The maximum Gasteiger partial charge on any atom is 0.213 e. The Labute approximate surface area is 86.1 Å². The maximum absolute atomic E-state index is 11.2. The van der Waals surface area contributed by atoms with E-state index in [-0.39, 0.29) is 18.4 Å². The zero-order valence-corrected chi connectivity index (χ0v) is 9.64. The Morgan fingerprint density at radius 2 is 2.14 bits per heavy atom. The highest BCUT2D eigenvalue weighted by Crippen LogP contribution is 1.93. The van der Waals surface area contributed by atoms with Crippen molar-refractivity contribution in [3.63, 3.8) is 0 Å². The summed E-state index contributed by atoms with van der Waals surface area (Å²) in [6.45, 7) is 2.60. The zero-order chi connectivity index (χ0) is 11.0. The molecule has 0 radical (unpaired) electrons. The van der Waals surface area contributed by atoms with Crippen molar-refractivity contribution in [3.8, 4) is 0 Å². The van der Waals surface area contributed by atoms with Crippen molar-refractivity contribution in [2.24, 2.45) is 5.73 Å². The van der Waals surface area contributed by atoms with Crippen LogP contribution in [0.2, 0.25) is 0 Å². The van der Waals surface area contributed by atoms with Gasteiger partial charge in [-0.05, 0) is 12.8 Å². The summed E-state index contributed by atoms with van der Waals surface area (Å²) in [5, 5.41) is 0. The van der Waals surface area contributed by atoms with Gasteiger partial charge in [-0.1, -0.05) is 6.92 Å². The molecule has 0 aliphatic carbocycles. The van der Waals surface area contributed by atoms with Gasteiger partial charge >= 0.3 is 0 Å². The maximum atomic E-state index is 11.2. The normalized spacial score (nSPS) is 14.2. The van der Waals surface area contributed by atoms with E-state index in [1.165, 1.54) is 7.11 Å². The molecule has 0 spiro atoms. The Kier molecular flexibility index (Phi) is 7.08. The average Bonchev–Trinajstić information content (AvgIpc) is 2.14. The highest BCUT2D eigenvalue weighted by atomic mass is 32.2. The van der Waals surface area contributed by atoms with E-state index in [2.05, 4.69) is 9.46 Å². The molecule has 1 unspecified atom stereocenters. The molecular weight excluding hydrogens is 204 g/mol. The van der Waals surface area contributed by atoms with Crippen LogP contribution in [0.4, 0.5) is 0 Å². The second kappa shape index (κ2) is 7.17. The van der Waals surface area contributed by atoms with E-state index in [0.29, 0.717) is 13.0 Å². The number of sulfonamides is 1. The summed E-state index contributed by atoms with van der Waals surface area (Å²) in [4.78, 5) is 0. The van der Waals surface area contributed by atoms with Gasteiger partial charge in [-0.3, -0.25) is 0 Å². The lowest BCUT2D eigenvalue weighted by Crippen LogP contribution is -2.32. The number of hydrogen-bond acceptors (Lipinski definition) is 4. The fraction of sp³-hybridized carbons (Fsp3) is 1.00. The summed E-state index contributed by atoms with van der Waals surface area (Å²) in [6, 6.07) is 0.0696. The van der Waals surface area contributed by atoms with Crippen molar-refractivity contribution >= 4 is 10.0 Å². The molecule has 14 heavy (non-hydrogen) atoms. The third kappa shape index (κ3) is 7.25. The van der Waals surface area contributed by atoms with E-state index in [4.69, 9.17) is 5.73 Å². The molecule has 0 saturated carbocycles. The van der Waals surface area contributed by atoms with Crippen LogP contribution in [0.15, 0.2) is 0 Å². The Morgan fingerprint density at radius 1 is 1.50 bits per heavy atom. The molecule has 6 heteroatoms. The predicted octanol–water partition coefficient (Wildman–Crippen LogP) is -0.320. The van der Waals surface area contributed by atoms with Crippen LogP contribution in [0, 0.1) is 0 Å². The topological polar surface area (TPSA) is 81.4 Å². The zero-order valence-electron chi connectivity index (χ0n) is 8.82. The third-order valence-corrected chi connectivity index (χ3v) is 3.27. The van der Waals surface area contributed by atoms with Crippen LogP contribution in [0.3, 0.4) is 0 Å². The number of hydrogen-bond donors (Lipinski definition) is 2. The Morgan fingerprint density at radius 3 is 2.64 bits per heavy atom. The number of ether oxygens (including phenoxy) is 1. The summed E-state index contributed by atoms with van der Waals surface area (Å²) >= 11 is 0. The Hall–Kier alpha value is -0.170. The number of rotatable bonds is 8. The fourth-order valence-corrected chi connectivity index (χ4v) is 1.83. The van der Waals surface area contributed by atoms with E-state index in [1.807, 2.05) is 6.92 Å². The van der Waals surface area contributed by atoms with Crippen molar-refractivity contribution in [3.05, 3.63) is 0 Å². The van der Waals surface area contributed by atoms with Gasteiger partial charge in [-0.25, -0.2) is 13.1 Å². The quantitative estimate of drug-likeness (QED) is 0.592. The van der Waals surface area contributed by atoms with Crippen LogP contribution in [0.5, 0.6) is 0 Å². The average molecular weight is 224 g/mol. The molecular formula is C8H20N2O3S. The van der Waals surface area contributed by atoms with Gasteiger partial charge in [0.25, 0.3) is 0 Å². The van der Waals surface area contributed by atoms with Gasteiger partial charge < -0.3 is 10.5 Å². The number of nitrogens with one attached hydrogen (secondary N) is 1. The van der Waals surface area contributed by atoms with Gasteiger partial charge in [0.05, 0.1) is 12.4 Å². The Bertz CT molecular complexity index is 229. The van der Waals surface area contributed by atoms with Gasteiger partial charge in [0, 0.05) is 19.7 Å². The van der Waals surface area contributed by atoms with E-state index in [9.17, 15) is 8.42 Å². The van der Waals surface area contributed by atoms with E-state index >= 15 is 0 Å². The molecule has 0 fully saturated rings. The lowest BCUT2D eigenvalue weighted by molar-refractivity contribution is 0.217. The summed E-state index contributed by atoms with van der Waals surface area (Å²) in [5.74, 6) is 0.00482. The number of nitrogens with two attached hydrogens (primary N) is 1. The van der Waals surface area contributed by atoms with Gasteiger partial charge in [0.2, 0.25) is 10.0 Å². The smallest absolute Gasteiger partial charge is 0.213 e. The molecule has 0 aromatic rings. The summed E-state index contributed by atoms with van der Waals surface area (Å²) < 4.78 is 29.6. The van der Waals surface area contributed by atoms with Crippen molar-refractivity contribution in [1.29, 1.82) is 0 Å². The molecule has 5 nitrogen and oxygen atoms in total. The second-order valence-electron chi connectivity index (χ2n) is 3.16. The lowest BCUT2D eigenvalue weighted by atomic mass is 10.2. The first kappa shape index (κ1) is 13.8. The molecule has 1 atom stereocenters. The molecule has 0 aromatic carbocycles. The largest absolute Gasteiger partial charge is 0.384 e. The second-order valence-corrected chi connectivity index (χ2v) is 5.09. The standard InChI is InChI=1S/C8H20N2O3S/c1-3-8(9)4-5-10-14(11,12)7-6-13-2/h8,10H,3-7,9H2,1-2H3. The molecule has 0 aromatic heterocycles. The van der Waals surface area contributed by atoms with Crippen molar-refractivity contribution in [1.82, 2.24) is 4.72 Å².